The van der Waals surface area contributed by atoms with Gasteiger partial charge in [-0.05, 0) is 77.4 Å². The van der Waals surface area contributed by atoms with Gasteiger partial charge in [0.1, 0.15) is 24.5 Å². The molecule has 1 aliphatic heterocycles. The molecule has 1 saturated heterocycles. The van der Waals surface area contributed by atoms with Gasteiger partial charge in [0, 0.05) is 10.6 Å². The Balaban J connectivity index is 1.20. The number of hydrogen-bond acceptors (Lipinski definition) is 6. The van der Waals surface area contributed by atoms with E-state index in [9.17, 15) is 14.4 Å². The Morgan fingerprint density at radius 2 is 1.46 bits per heavy atom. The van der Waals surface area contributed by atoms with Crippen molar-refractivity contribution in [1.82, 2.24) is 5.32 Å². The van der Waals surface area contributed by atoms with Crippen LogP contribution in [0, 0.1) is 0 Å². The first-order valence-corrected chi connectivity index (χ1v) is 15.0. The van der Waals surface area contributed by atoms with Crippen LogP contribution in [0.15, 0.2) is 115 Å². The van der Waals surface area contributed by atoms with Gasteiger partial charge in [0.05, 0.1) is 12.3 Å². The molecular formula is C37H29ClN2O6. The standard InChI is InChI=1S/C37H29ClN2O6/c1-2-44-34-21-24(14-19-33(34)46-22-26-11-7-10-25-8-3-5-12-30(25)26)20-31-35(41)39-37(43)40(36(31)42)28-15-17-29(18-16-28)45-23-27-9-4-6-13-32(27)38/h3-21H,2,22-23H2,1H3,(H,39,41,43)/b31-20+. The number of carbonyl (C=O) groups excluding carboxylic acids is 3. The minimum Gasteiger partial charge on any atom is -0.490 e. The molecule has 1 fully saturated rings. The summed E-state index contributed by atoms with van der Waals surface area (Å²) >= 11 is 6.20. The summed E-state index contributed by atoms with van der Waals surface area (Å²) < 4.78 is 17.8. The van der Waals surface area contributed by atoms with Gasteiger partial charge in [-0.1, -0.05) is 78.3 Å². The van der Waals surface area contributed by atoms with Crippen LogP contribution in [0.3, 0.4) is 0 Å². The van der Waals surface area contributed by atoms with Crippen molar-refractivity contribution in [1.29, 1.82) is 0 Å². The van der Waals surface area contributed by atoms with Crippen molar-refractivity contribution in [3.8, 4) is 17.2 Å². The van der Waals surface area contributed by atoms with E-state index >= 15 is 0 Å². The minimum absolute atomic E-state index is 0.203. The van der Waals surface area contributed by atoms with E-state index in [0.717, 1.165) is 26.8 Å². The molecule has 0 saturated carbocycles. The SMILES string of the molecule is CCOc1cc(/C=C2\C(=O)NC(=O)N(c3ccc(OCc4ccccc4Cl)cc3)C2=O)ccc1OCc1cccc2ccccc12. The van der Waals surface area contributed by atoms with Crippen LogP contribution in [0.1, 0.15) is 23.6 Å². The number of hydrogen-bond donors (Lipinski definition) is 1. The number of halogens is 1. The van der Waals surface area contributed by atoms with Gasteiger partial charge in [-0.3, -0.25) is 14.9 Å². The number of rotatable bonds is 10. The van der Waals surface area contributed by atoms with Crippen LogP contribution in [-0.2, 0) is 22.8 Å². The predicted octanol–water partition coefficient (Wildman–Crippen LogP) is 7.72. The summed E-state index contributed by atoms with van der Waals surface area (Å²) in [6.07, 6.45) is 1.43. The molecule has 6 rings (SSSR count). The first-order valence-electron chi connectivity index (χ1n) is 14.7. The van der Waals surface area contributed by atoms with Gasteiger partial charge in [-0.15, -0.1) is 0 Å². The number of urea groups is 1. The lowest BCUT2D eigenvalue weighted by Gasteiger charge is -2.26. The Bertz CT molecular complexity index is 1970. The Labute approximate surface area is 270 Å². The number of fused-ring (bicyclic) bond motifs is 1. The van der Waals surface area contributed by atoms with Gasteiger partial charge in [0.2, 0.25) is 0 Å². The fourth-order valence-corrected chi connectivity index (χ4v) is 5.29. The van der Waals surface area contributed by atoms with E-state index in [1.54, 1.807) is 48.5 Å². The third kappa shape index (κ3) is 6.57. The average Bonchev–Trinajstić information content (AvgIpc) is 3.06. The highest BCUT2D eigenvalue weighted by molar-refractivity contribution is 6.39. The Morgan fingerprint density at radius 1 is 0.739 bits per heavy atom. The van der Waals surface area contributed by atoms with E-state index in [1.807, 2.05) is 49.4 Å². The largest absolute Gasteiger partial charge is 0.490 e. The van der Waals surface area contributed by atoms with Crippen molar-refractivity contribution in [3.63, 3.8) is 0 Å². The number of ether oxygens (including phenoxy) is 3. The highest BCUT2D eigenvalue weighted by Crippen LogP contribution is 2.32. The molecule has 1 aliphatic rings. The monoisotopic (exact) mass is 632 g/mol. The number of benzene rings is 5. The van der Waals surface area contributed by atoms with Crippen molar-refractivity contribution in [2.24, 2.45) is 0 Å². The maximum atomic E-state index is 13.5. The van der Waals surface area contributed by atoms with Crippen LogP contribution in [0.5, 0.6) is 17.2 Å². The summed E-state index contributed by atoms with van der Waals surface area (Å²) in [6.45, 7) is 2.81. The molecule has 0 atom stereocenters. The summed E-state index contributed by atoms with van der Waals surface area (Å²) in [5, 5.41) is 5.07. The zero-order chi connectivity index (χ0) is 32.0. The van der Waals surface area contributed by atoms with Crippen LogP contribution in [0.2, 0.25) is 5.02 Å². The van der Waals surface area contributed by atoms with Crippen molar-refractivity contribution >= 4 is 52.0 Å². The van der Waals surface area contributed by atoms with Crippen LogP contribution in [-0.4, -0.2) is 24.5 Å². The van der Waals surface area contributed by atoms with Crippen molar-refractivity contribution in [3.05, 3.63) is 136 Å². The summed E-state index contributed by atoms with van der Waals surface area (Å²) in [5.41, 5.74) is 2.45. The minimum atomic E-state index is -0.843. The molecule has 0 unspecified atom stereocenters. The molecule has 0 radical (unpaired) electrons. The highest BCUT2D eigenvalue weighted by atomic mass is 35.5. The highest BCUT2D eigenvalue weighted by Gasteiger charge is 2.36. The van der Waals surface area contributed by atoms with Gasteiger partial charge >= 0.3 is 6.03 Å². The maximum Gasteiger partial charge on any atom is 0.335 e. The quantitative estimate of drug-likeness (QED) is 0.125. The molecule has 0 spiro atoms. The van der Waals surface area contributed by atoms with Crippen LogP contribution < -0.4 is 24.4 Å². The van der Waals surface area contributed by atoms with Crippen LogP contribution >= 0.6 is 11.6 Å². The fourth-order valence-electron chi connectivity index (χ4n) is 5.10. The first-order chi connectivity index (χ1) is 22.4. The topological polar surface area (TPSA) is 94.2 Å². The van der Waals surface area contributed by atoms with E-state index in [0.29, 0.717) is 41.0 Å². The van der Waals surface area contributed by atoms with E-state index < -0.39 is 17.8 Å². The second-order valence-electron chi connectivity index (χ2n) is 10.4. The number of amides is 4. The molecule has 230 valence electrons. The number of nitrogens with zero attached hydrogens (tertiary/aromatic N) is 1. The third-order valence-corrected chi connectivity index (χ3v) is 7.76. The molecule has 5 aromatic rings. The molecule has 5 aromatic carbocycles. The Morgan fingerprint density at radius 3 is 2.26 bits per heavy atom. The predicted molar refractivity (Wildman–Crippen MR) is 177 cm³/mol. The Hall–Kier alpha value is -5.60. The van der Waals surface area contributed by atoms with E-state index in [2.05, 4.69) is 23.5 Å². The third-order valence-electron chi connectivity index (χ3n) is 7.39. The number of carbonyl (C=O) groups is 3. The average molecular weight is 633 g/mol. The van der Waals surface area contributed by atoms with E-state index in [4.69, 9.17) is 25.8 Å². The second kappa shape index (κ2) is 13.6. The lowest BCUT2D eigenvalue weighted by atomic mass is 10.1. The number of imide groups is 2. The van der Waals surface area contributed by atoms with Crippen molar-refractivity contribution in [2.45, 2.75) is 20.1 Å². The maximum absolute atomic E-state index is 13.5. The molecule has 1 heterocycles. The van der Waals surface area contributed by atoms with Gasteiger partial charge in [0.15, 0.2) is 11.5 Å². The molecule has 0 bridgehead atoms. The molecular weight excluding hydrogens is 604 g/mol. The fraction of sp³-hybridized carbons (Fsp3) is 0.108. The van der Waals surface area contributed by atoms with Gasteiger partial charge < -0.3 is 14.2 Å². The molecule has 46 heavy (non-hydrogen) atoms. The zero-order valence-corrected chi connectivity index (χ0v) is 25.6. The second-order valence-corrected chi connectivity index (χ2v) is 10.8. The lowest BCUT2D eigenvalue weighted by molar-refractivity contribution is -0.122. The van der Waals surface area contributed by atoms with Gasteiger partial charge in [-0.25, -0.2) is 9.69 Å². The number of anilines is 1. The van der Waals surface area contributed by atoms with Gasteiger partial charge in [0.25, 0.3) is 11.8 Å². The Kier molecular flexibility index (Phi) is 8.98. The summed E-state index contributed by atoms with van der Waals surface area (Å²) in [5.74, 6) is -0.0504. The first kappa shape index (κ1) is 30.4. The van der Waals surface area contributed by atoms with E-state index in [-0.39, 0.29) is 17.9 Å². The molecule has 4 amide bonds. The summed E-state index contributed by atoms with van der Waals surface area (Å²) in [7, 11) is 0. The number of nitrogens with one attached hydrogen (secondary N) is 1. The van der Waals surface area contributed by atoms with Crippen LogP contribution in [0.25, 0.3) is 16.8 Å². The lowest BCUT2D eigenvalue weighted by Crippen LogP contribution is -2.54. The van der Waals surface area contributed by atoms with Crippen molar-refractivity contribution < 1.29 is 28.6 Å². The summed E-state index contributed by atoms with van der Waals surface area (Å²) in [6, 6.07) is 32.2. The smallest absolute Gasteiger partial charge is 0.335 e. The van der Waals surface area contributed by atoms with Crippen LogP contribution in [0.4, 0.5) is 10.5 Å². The normalized spacial score (nSPS) is 14.0. The summed E-state index contributed by atoms with van der Waals surface area (Å²) in [4.78, 5) is 40.0. The molecule has 1 N–H and O–H groups in total. The molecule has 8 nitrogen and oxygen atoms in total. The molecule has 0 aromatic heterocycles. The van der Waals surface area contributed by atoms with Crippen molar-refractivity contribution in [2.75, 3.05) is 11.5 Å². The number of barbiturate groups is 1. The van der Waals surface area contributed by atoms with E-state index in [1.165, 1.54) is 6.08 Å². The van der Waals surface area contributed by atoms with Gasteiger partial charge in [-0.2, -0.15) is 0 Å². The molecule has 9 heteroatoms. The molecule has 0 aliphatic carbocycles. The zero-order valence-electron chi connectivity index (χ0n) is 24.9.